The summed E-state index contributed by atoms with van der Waals surface area (Å²) in [7, 11) is 1.47. The fraction of sp³-hybridized carbons (Fsp3) is 0.524. The summed E-state index contributed by atoms with van der Waals surface area (Å²) >= 11 is 0. The molecular formula is C21H30F3IN6. The first-order chi connectivity index (χ1) is 14.3. The molecular weight excluding hydrogens is 520 g/mol. The van der Waals surface area contributed by atoms with E-state index in [1.54, 1.807) is 0 Å². The molecule has 0 aliphatic carbocycles. The van der Waals surface area contributed by atoms with Gasteiger partial charge in [0.05, 0.1) is 12.6 Å². The van der Waals surface area contributed by atoms with Crippen LogP contribution in [0.2, 0.25) is 0 Å². The predicted molar refractivity (Wildman–Crippen MR) is 128 cm³/mol. The van der Waals surface area contributed by atoms with E-state index in [1.807, 2.05) is 26.0 Å². The quantitative estimate of drug-likeness (QED) is 0.317. The maximum absolute atomic E-state index is 13.2. The van der Waals surface area contributed by atoms with Crippen LogP contribution in [0.1, 0.15) is 49.6 Å². The number of benzene rings is 1. The lowest BCUT2D eigenvalue weighted by molar-refractivity contribution is -0.142. The molecule has 1 aliphatic rings. The number of nitrogens with zero attached hydrogens (tertiary/aromatic N) is 4. The van der Waals surface area contributed by atoms with E-state index >= 15 is 0 Å². The smallest absolute Gasteiger partial charge is 0.372 e. The highest BCUT2D eigenvalue weighted by atomic mass is 127. The number of alkyl halides is 3. The number of hydrogen-bond acceptors (Lipinski definition) is 3. The number of aliphatic imine (C=N–C) groups is 1. The highest BCUT2D eigenvalue weighted by Gasteiger charge is 2.36. The second-order valence-electron chi connectivity index (χ2n) is 7.52. The molecule has 1 aromatic carbocycles. The number of aromatic nitrogens is 2. The lowest BCUT2D eigenvalue weighted by Crippen LogP contribution is -2.38. The molecule has 6 nitrogen and oxygen atoms in total. The zero-order chi connectivity index (χ0) is 21.7. The van der Waals surface area contributed by atoms with Gasteiger partial charge in [0.15, 0.2) is 11.7 Å². The average Bonchev–Trinajstić information content (AvgIpc) is 3.36. The Morgan fingerprint density at radius 1 is 1.26 bits per heavy atom. The van der Waals surface area contributed by atoms with Crippen LogP contribution in [-0.2, 0) is 19.8 Å². The summed E-state index contributed by atoms with van der Waals surface area (Å²) in [5.41, 5.74) is 1.45. The van der Waals surface area contributed by atoms with Crippen molar-refractivity contribution in [3.63, 3.8) is 0 Å². The van der Waals surface area contributed by atoms with Crippen LogP contribution in [0.15, 0.2) is 35.5 Å². The number of hydrogen-bond donors (Lipinski definition) is 2. The van der Waals surface area contributed by atoms with Crippen LogP contribution in [0, 0.1) is 0 Å². The van der Waals surface area contributed by atoms with Gasteiger partial charge >= 0.3 is 6.18 Å². The minimum absolute atomic E-state index is 0. The van der Waals surface area contributed by atoms with Crippen LogP contribution in [0.5, 0.6) is 0 Å². The van der Waals surface area contributed by atoms with Gasteiger partial charge in [0.25, 0.3) is 0 Å². The molecule has 172 valence electrons. The van der Waals surface area contributed by atoms with Gasteiger partial charge in [-0.05, 0) is 44.4 Å². The van der Waals surface area contributed by atoms with E-state index in [0.29, 0.717) is 12.5 Å². The van der Waals surface area contributed by atoms with Crippen LogP contribution < -0.4 is 15.5 Å². The van der Waals surface area contributed by atoms with Crippen molar-refractivity contribution >= 4 is 35.6 Å². The first kappa shape index (κ1) is 25.3. The number of anilines is 1. The Kier molecular flexibility index (Phi) is 9.01. The van der Waals surface area contributed by atoms with E-state index in [-0.39, 0.29) is 42.1 Å². The second-order valence-corrected chi connectivity index (χ2v) is 7.52. The SMILES string of the molecule is CCNC(=NCc1cn(C)nc1C(F)(F)F)NC(C)c1cccc(N2CCCC2)c1.I. The average molecular weight is 550 g/mol. The molecule has 3 rings (SSSR count). The Bertz CT molecular complexity index is 874. The Morgan fingerprint density at radius 2 is 1.97 bits per heavy atom. The number of halogens is 4. The maximum Gasteiger partial charge on any atom is 0.435 e. The minimum Gasteiger partial charge on any atom is -0.372 e. The third-order valence-corrected chi connectivity index (χ3v) is 5.12. The summed E-state index contributed by atoms with van der Waals surface area (Å²) in [6.07, 6.45) is -0.715. The number of nitrogens with one attached hydrogen (secondary N) is 2. The summed E-state index contributed by atoms with van der Waals surface area (Å²) in [5, 5.41) is 9.95. The molecule has 0 radical (unpaired) electrons. The third kappa shape index (κ3) is 6.75. The van der Waals surface area contributed by atoms with E-state index < -0.39 is 11.9 Å². The standard InChI is InChI=1S/C21H29F3N6.HI/c1-4-25-20(26-13-17-14-29(3)28-19(17)21(22,23)24)27-15(2)16-8-7-9-18(12-16)30-10-5-6-11-30;/h7-9,12,14-15H,4-6,10-11,13H2,1-3H3,(H2,25,26,27);1H. The van der Waals surface area contributed by atoms with Gasteiger partial charge in [0.2, 0.25) is 0 Å². The first-order valence-corrected chi connectivity index (χ1v) is 10.3. The number of guanidine groups is 1. The fourth-order valence-electron chi connectivity index (χ4n) is 3.63. The largest absolute Gasteiger partial charge is 0.435 e. The van der Waals surface area contributed by atoms with Gasteiger partial charge in [-0.2, -0.15) is 18.3 Å². The van der Waals surface area contributed by atoms with E-state index in [1.165, 1.54) is 36.5 Å². The minimum atomic E-state index is -4.50. The van der Waals surface area contributed by atoms with Crippen molar-refractivity contribution in [2.75, 3.05) is 24.5 Å². The van der Waals surface area contributed by atoms with Crippen LogP contribution in [0.3, 0.4) is 0 Å². The van der Waals surface area contributed by atoms with Gasteiger partial charge in [-0.1, -0.05) is 12.1 Å². The molecule has 1 unspecified atom stereocenters. The molecule has 10 heteroatoms. The molecule has 2 N–H and O–H groups in total. The van der Waals surface area contributed by atoms with E-state index in [2.05, 4.69) is 37.8 Å². The lowest BCUT2D eigenvalue weighted by atomic mass is 10.1. The Balaban J connectivity index is 0.00000341. The molecule has 0 amide bonds. The van der Waals surface area contributed by atoms with Crippen molar-refractivity contribution < 1.29 is 13.2 Å². The van der Waals surface area contributed by atoms with Gasteiger partial charge in [-0.15, -0.1) is 24.0 Å². The van der Waals surface area contributed by atoms with Crippen molar-refractivity contribution in [1.29, 1.82) is 0 Å². The van der Waals surface area contributed by atoms with Crippen molar-refractivity contribution in [2.24, 2.45) is 12.0 Å². The molecule has 1 saturated heterocycles. The molecule has 1 aromatic heterocycles. The van der Waals surface area contributed by atoms with E-state index in [0.717, 1.165) is 18.7 Å². The van der Waals surface area contributed by atoms with Crippen molar-refractivity contribution in [3.05, 3.63) is 47.3 Å². The van der Waals surface area contributed by atoms with Crippen LogP contribution in [-0.4, -0.2) is 35.4 Å². The summed E-state index contributed by atoms with van der Waals surface area (Å²) in [6, 6.07) is 8.30. The van der Waals surface area contributed by atoms with Crippen molar-refractivity contribution in [2.45, 2.75) is 45.5 Å². The van der Waals surface area contributed by atoms with Crippen LogP contribution >= 0.6 is 24.0 Å². The molecule has 0 spiro atoms. The normalized spacial score (nSPS) is 15.5. The molecule has 1 aliphatic heterocycles. The Labute approximate surface area is 198 Å². The Morgan fingerprint density at radius 3 is 2.61 bits per heavy atom. The van der Waals surface area contributed by atoms with E-state index in [9.17, 15) is 13.2 Å². The van der Waals surface area contributed by atoms with E-state index in [4.69, 9.17) is 0 Å². The summed E-state index contributed by atoms with van der Waals surface area (Å²) in [5.74, 6) is 0.466. The number of aryl methyl sites for hydroxylation is 1. The first-order valence-electron chi connectivity index (χ1n) is 10.3. The molecule has 1 atom stereocenters. The van der Waals surface area contributed by atoms with Crippen LogP contribution in [0.4, 0.5) is 18.9 Å². The monoisotopic (exact) mass is 550 g/mol. The molecule has 2 heterocycles. The van der Waals surface area contributed by atoms with Gasteiger partial charge < -0.3 is 15.5 Å². The molecule has 0 saturated carbocycles. The van der Waals surface area contributed by atoms with Gasteiger partial charge in [0.1, 0.15) is 0 Å². The maximum atomic E-state index is 13.2. The molecule has 31 heavy (non-hydrogen) atoms. The number of rotatable bonds is 6. The molecule has 0 bridgehead atoms. The molecule has 2 aromatic rings. The predicted octanol–water partition coefficient (Wildman–Crippen LogP) is 4.47. The highest BCUT2D eigenvalue weighted by molar-refractivity contribution is 14.0. The molecule has 1 fully saturated rings. The van der Waals surface area contributed by atoms with Gasteiger partial charge in [0, 0.05) is 44.1 Å². The van der Waals surface area contributed by atoms with Crippen molar-refractivity contribution in [1.82, 2.24) is 20.4 Å². The zero-order valence-electron chi connectivity index (χ0n) is 18.0. The van der Waals surface area contributed by atoms with Crippen LogP contribution in [0.25, 0.3) is 0 Å². The van der Waals surface area contributed by atoms with Crippen molar-refractivity contribution in [3.8, 4) is 0 Å². The van der Waals surface area contributed by atoms with Gasteiger partial charge in [-0.3, -0.25) is 4.68 Å². The summed E-state index contributed by atoms with van der Waals surface area (Å²) in [6.45, 7) is 6.57. The lowest BCUT2D eigenvalue weighted by Gasteiger charge is -2.22. The second kappa shape index (κ2) is 11.1. The summed E-state index contributed by atoms with van der Waals surface area (Å²) in [4.78, 5) is 6.74. The summed E-state index contributed by atoms with van der Waals surface area (Å²) < 4.78 is 40.7. The zero-order valence-corrected chi connectivity index (χ0v) is 20.4. The fourth-order valence-corrected chi connectivity index (χ4v) is 3.63. The third-order valence-electron chi connectivity index (χ3n) is 5.12. The van der Waals surface area contributed by atoms with Gasteiger partial charge in [-0.25, -0.2) is 4.99 Å². The Hall–Kier alpha value is -1.98. The topological polar surface area (TPSA) is 57.5 Å². The highest BCUT2D eigenvalue weighted by Crippen LogP contribution is 2.31.